The van der Waals surface area contributed by atoms with Gasteiger partial charge in [0.15, 0.2) is 0 Å². The molecule has 3 aliphatic carbocycles. The van der Waals surface area contributed by atoms with Crippen molar-refractivity contribution >= 4 is 23.9 Å². The van der Waals surface area contributed by atoms with Gasteiger partial charge < -0.3 is 18.9 Å². The van der Waals surface area contributed by atoms with E-state index in [4.69, 9.17) is 18.9 Å². The summed E-state index contributed by atoms with van der Waals surface area (Å²) in [6.07, 6.45) is 4.99. The predicted octanol–water partition coefficient (Wildman–Crippen LogP) is 4.37. The molecule has 0 aromatic heterocycles. The van der Waals surface area contributed by atoms with E-state index in [-0.39, 0.29) is 59.9 Å². The lowest BCUT2D eigenvalue weighted by atomic mass is 9.74. The van der Waals surface area contributed by atoms with Crippen LogP contribution in [0.2, 0.25) is 0 Å². The Kier molecular flexibility index (Phi) is 6.97. The van der Waals surface area contributed by atoms with Crippen molar-refractivity contribution < 1.29 is 38.1 Å². The smallest absolute Gasteiger partial charge is 0.311 e. The van der Waals surface area contributed by atoms with Gasteiger partial charge in [0.2, 0.25) is 0 Å². The summed E-state index contributed by atoms with van der Waals surface area (Å²) in [6.45, 7) is 13.4. The first-order valence-electron chi connectivity index (χ1n) is 13.6. The van der Waals surface area contributed by atoms with Crippen LogP contribution in [-0.4, -0.2) is 47.8 Å². The molecule has 202 valence electrons. The van der Waals surface area contributed by atoms with Gasteiger partial charge in [0.25, 0.3) is 0 Å². The molecule has 4 aliphatic heterocycles. The van der Waals surface area contributed by atoms with E-state index in [0.29, 0.717) is 12.3 Å². The average Bonchev–Trinajstić information content (AvgIpc) is 3.36. The van der Waals surface area contributed by atoms with Gasteiger partial charge in [0.1, 0.15) is 23.9 Å². The van der Waals surface area contributed by atoms with E-state index in [1.165, 1.54) is 0 Å². The minimum Gasteiger partial charge on any atom is -0.458 e. The van der Waals surface area contributed by atoms with Gasteiger partial charge in [-0.2, -0.15) is 0 Å². The largest absolute Gasteiger partial charge is 0.458 e. The van der Waals surface area contributed by atoms with E-state index in [9.17, 15) is 19.2 Å². The first-order valence-corrected chi connectivity index (χ1v) is 13.6. The molecule has 8 unspecified atom stereocenters. The molecule has 7 rings (SSSR count). The lowest BCUT2D eigenvalue weighted by Crippen LogP contribution is -2.57. The highest BCUT2D eigenvalue weighted by molar-refractivity contribution is 5.79. The zero-order valence-corrected chi connectivity index (χ0v) is 22.8. The van der Waals surface area contributed by atoms with E-state index < -0.39 is 16.4 Å². The lowest BCUT2D eigenvalue weighted by molar-refractivity contribution is -0.221. The summed E-state index contributed by atoms with van der Waals surface area (Å²) in [6, 6.07) is 0. The topological polar surface area (TPSA) is 105 Å². The summed E-state index contributed by atoms with van der Waals surface area (Å²) in [5.74, 6) is -0.0642. The summed E-state index contributed by atoms with van der Waals surface area (Å²) in [4.78, 5) is 47.4. The summed E-state index contributed by atoms with van der Waals surface area (Å²) in [5.41, 5.74) is -1.55. The summed E-state index contributed by atoms with van der Waals surface area (Å²) in [5, 5.41) is 0. The molecule has 3 saturated carbocycles. The van der Waals surface area contributed by atoms with Gasteiger partial charge in [-0.15, -0.1) is 0 Å². The maximum absolute atomic E-state index is 12.1. The van der Waals surface area contributed by atoms with Crippen molar-refractivity contribution in [3.05, 3.63) is 0 Å². The van der Waals surface area contributed by atoms with Gasteiger partial charge in [0, 0.05) is 18.3 Å². The van der Waals surface area contributed by atoms with Crippen molar-refractivity contribution in [3.8, 4) is 0 Å². The number of ether oxygens (including phenoxy) is 4. The minimum absolute atomic E-state index is 0.0254. The zero-order chi connectivity index (χ0) is 26.6. The minimum atomic E-state index is -0.620. The summed E-state index contributed by atoms with van der Waals surface area (Å²) >= 11 is 0. The second-order valence-electron chi connectivity index (χ2n) is 12.8. The fraction of sp³-hybridized carbons (Fsp3) is 0.857. The molecule has 0 radical (unpaired) electrons. The first kappa shape index (κ1) is 26.9. The quantitative estimate of drug-likeness (QED) is 0.386. The molecule has 0 aromatic carbocycles. The Morgan fingerprint density at radius 2 is 1.56 bits per heavy atom. The van der Waals surface area contributed by atoms with Crippen molar-refractivity contribution in [1.29, 1.82) is 0 Å². The normalized spacial score (nSPS) is 38.1. The molecule has 8 atom stereocenters. The van der Waals surface area contributed by atoms with Crippen LogP contribution >= 0.6 is 0 Å². The Bertz CT molecular complexity index is 891. The standard InChI is InChI=1S/C14H20O4.C14H22O4/c1-4-14(2,3)13(16)18-11-8-5-7-6-9(8)12(15)17-10(7)11;1-5-13(2,3)12(16)17-10-8-9-6-7-14(10,4)18-11(9)15/h7-11H,4-6H2,1-3H3;9-10H,5-8H2,1-4H3. The molecular formula is C28H42O8. The molecule has 0 spiro atoms. The molecule has 36 heavy (non-hydrogen) atoms. The average molecular weight is 507 g/mol. The van der Waals surface area contributed by atoms with E-state index in [1.807, 2.05) is 48.5 Å². The molecular weight excluding hydrogens is 464 g/mol. The second-order valence-corrected chi connectivity index (χ2v) is 12.8. The van der Waals surface area contributed by atoms with Gasteiger partial charge in [-0.3, -0.25) is 19.2 Å². The van der Waals surface area contributed by atoms with Crippen molar-refractivity contribution in [3.63, 3.8) is 0 Å². The number of esters is 4. The van der Waals surface area contributed by atoms with Crippen LogP contribution in [0.3, 0.4) is 0 Å². The Balaban J connectivity index is 0.000000169. The Labute approximate surface area is 214 Å². The first-order chi connectivity index (χ1) is 16.7. The van der Waals surface area contributed by atoms with Gasteiger partial charge >= 0.3 is 23.9 Å². The van der Waals surface area contributed by atoms with Gasteiger partial charge in [-0.1, -0.05) is 13.8 Å². The molecule has 0 aromatic rings. The van der Waals surface area contributed by atoms with Crippen LogP contribution in [0.4, 0.5) is 0 Å². The van der Waals surface area contributed by atoms with Crippen molar-refractivity contribution in [1.82, 2.24) is 0 Å². The Hall–Kier alpha value is -2.12. The Morgan fingerprint density at radius 1 is 0.944 bits per heavy atom. The number of carbonyl (C=O) groups excluding carboxylic acids is 4. The third kappa shape index (κ3) is 4.65. The SMILES string of the molecule is CCC(C)(C)C(=O)OC1C2CC3CC2C(=O)OC31.CCC(C)(C)C(=O)OC1CC2CCC1(C)OC2=O. The van der Waals surface area contributed by atoms with Crippen LogP contribution in [0.15, 0.2) is 0 Å². The lowest BCUT2D eigenvalue weighted by Gasteiger charge is -2.48. The molecule has 0 N–H and O–H groups in total. The third-order valence-electron chi connectivity index (χ3n) is 9.62. The van der Waals surface area contributed by atoms with Gasteiger partial charge in [0.05, 0.1) is 22.7 Å². The molecule has 6 bridgehead atoms. The highest BCUT2D eigenvalue weighted by Crippen LogP contribution is 2.55. The van der Waals surface area contributed by atoms with Crippen LogP contribution in [0.1, 0.15) is 93.4 Å². The summed E-state index contributed by atoms with van der Waals surface area (Å²) in [7, 11) is 0. The van der Waals surface area contributed by atoms with E-state index in [1.54, 1.807) is 0 Å². The maximum Gasteiger partial charge on any atom is 0.311 e. The number of hydrogen-bond donors (Lipinski definition) is 0. The van der Waals surface area contributed by atoms with E-state index >= 15 is 0 Å². The molecule has 4 heterocycles. The predicted molar refractivity (Wildman–Crippen MR) is 129 cm³/mol. The second kappa shape index (κ2) is 9.32. The van der Waals surface area contributed by atoms with Crippen LogP contribution in [0, 0.1) is 34.5 Å². The highest BCUT2D eigenvalue weighted by Gasteiger charge is 2.63. The van der Waals surface area contributed by atoms with E-state index in [0.717, 1.165) is 38.5 Å². The third-order valence-corrected chi connectivity index (χ3v) is 9.62. The number of carbonyl (C=O) groups is 4. The fourth-order valence-corrected chi connectivity index (χ4v) is 5.99. The molecule has 8 nitrogen and oxygen atoms in total. The number of fused-ring (bicyclic) bond motifs is 4. The van der Waals surface area contributed by atoms with E-state index in [2.05, 4.69) is 0 Å². The molecule has 7 aliphatic rings. The van der Waals surface area contributed by atoms with Crippen molar-refractivity contribution in [2.45, 2.75) is 117 Å². The molecule has 8 heteroatoms. The van der Waals surface area contributed by atoms with Crippen molar-refractivity contribution in [2.24, 2.45) is 34.5 Å². The fourth-order valence-electron chi connectivity index (χ4n) is 5.99. The molecule has 0 amide bonds. The van der Waals surface area contributed by atoms with Crippen LogP contribution in [0.25, 0.3) is 0 Å². The number of rotatable bonds is 6. The van der Waals surface area contributed by atoms with Gasteiger partial charge in [-0.25, -0.2) is 0 Å². The van der Waals surface area contributed by atoms with Crippen LogP contribution in [-0.2, 0) is 38.1 Å². The molecule has 4 saturated heterocycles. The maximum atomic E-state index is 12.1. The van der Waals surface area contributed by atoms with Crippen LogP contribution in [0.5, 0.6) is 0 Å². The van der Waals surface area contributed by atoms with Crippen LogP contribution < -0.4 is 0 Å². The molecule has 7 fully saturated rings. The summed E-state index contributed by atoms with van der Waals surface area (Å²) < 4.78 is 22.1. The highest BCUT2D eigenvalue weighted by atomic mass is 16.6. The number of hydrogen-bond acceptors (Lipinski definition) is 8. The monoisotopic (exact) mass is 506 g/mol. The Morgan fingerprint density at radius 3 is 2.08 bits per heavy atom. The van der Waals surface area contributed by atoms with Crippen molar-refractivity contribution in [2.75, 3.05) is 0 Å². The van der Waals surface area contributed by atoms with Gasteiger partial charge in [-0.05, 0) is 73.1 Å². The zero-order valence-electron chi connectivity index (χ0n) is 22.8.